The Hall–Kier alpha value is -3.01. The maximum absolute atomic E-state index is 13.4. The molecule has 7 nitrogen and oxygen atoms in total. The van der Waals surface area contributed by atoms with Gasteiger partial charge in [-0.25, -0.2) is 17.9 Å². The highest BCUT2D eigenvalue weighted by Crippen LogP contribution is 2.35. The number of nitrogens with two attached hydrogens (primary N) is 1. The second kappa shape index (κ2) is 8.85. The minimum atomic E-state index is -3.99. The van der Waals surface area contributed by atoms with E-state index in [4.69, 9.17) is 21.5 Å². The molecule has 3 aromatic rings. The number of halogens is 2. The summed E-state index contributed by atoms with van der Waals surface area (Å²) in [5.74, 6) is -0.733. The molecule has 1 amide bonds. The number of primary sulfonamides is 1. The molecule has 1 aromatic heterocycles. The number of ether oxygens (including phenoxy) is 1. The summed E-state index contributed by atoms with van der Waals surface area (Å²) in [6.07, 6.45) is 2.36. The Morgan fingerprint density at radius 3 is 2.44 bits per heavy atom. The van der Waals surface area contributed by atoms with Crippen LogP contribution in [0.2, 0.25) is 5.02 Å². The van der Waals surface area contributed by atoms with Gasteiger partial charge in [-0.2, -0.15) is 0 Å². The lowest BCUT2D eigenvalue weighted by molar-refractivity contribution is 0.102. The third-order valence-corrected chi connectivity index (χ3v) is 5.68. The number of benzene rings is 2. The minimum absolute atomic E-state index is 0.0440. The van der Waals surface area contributed by atoms with Gasteiger partial charge in [-0.3, -0.25) is 9.78 Å². The predicted octanol–water partition coefficient (Wildman–Crippen LogP) is 4.86. The monoisotopic (exact) mass is 477 g/mol. The molecule has 0 atom stereocenters. The van der Waals surface area contributed by atoms with Crippen molar-refractivity contribution in [3.05, 3.63) is 76.8 Å². The first-order chi connectivity index (χ1) is 14.8. The average molecular weight is 478 g/mol. The van der Waals surface area contributed by atoms with Gasteiger partial charge in [-0.15, -0.1) is 0 Å². The number of rotatable bonds is 5. The second-order valence-electron chi connectivity index (χ2n) is 8.05. The molecule has 0 aliphatic rings. The lowest BCUT2D eigenvalue weighted by atomic mass is 9.86. The van der Waals surface area contributed by atoms with Gasteiger partial charge < -0.3 is 10.1 Å². The van der Waals surface area contributed by atoms with Crippen LogP contribution in [0.3, 0.4) is 0 Å². The van der Waals surface area contributed by atoms with Crippen LogP contribution in [-0.2, 0) is 15.4 Å². The Balaban J connectivity index is 2.00. The van der Waals surface area contributed by atoms with Crippen LogP contribution in [0.4, 0.5) is 10.1 Å². The van der Waals surface area contributed by atoms with Gasteiger partial charge in [0.25, 0.3) is 5.91 Å². The fraction of sp³-hybridized carbons (Fsp3) is 0.182. The summed E-state index contributed by atoms with van der Waals surface area (Å²) in [6.45, 7) is 6.00. The summed E-state index contributed by atoms with van der Waals surface area (Å²) in [6, 6.07) is 9.93. The molecule has 168 valence electrons. The summed E-state index contributed by atoms with van der Waals surface area (Å²) in [5.41, 5.74) is 0.930. The number of pyridine rings is 1. The van der Waals surface area contributed by atoms with E-state index in [9.17, 15) is 17.6 Å². The van der Waals surface area contributed by atoms with Crippen molar-refractivity contribution in [2.45, 2.75) is 31.1 Å². The van der Waals surface area contributed by atoms with Crippen molar-refractivity contribution in [2.75, 3.05) is 5.32 Å². The van der Waals surface area contributed by atoms with Crippen molar-refractivity contribution in [3.8, 4) is 11.5 Å². The van der Waals surface area contributed by atoms with Gasteiger partial charge in [0.1, 0.15) is 22.2 Å². The molecule has 10 heteroatoms. The van der Waals surface area contributed by atoms with Gasteiger partial charge in [-0.05, 0) is 47.4 Å². The Labute approximate surface area is 190 Å². The van der Waals surface area contributed by atoms with E-state index in [-0.39, 0.29) is 38.1 Å². The molecule has 2 aromatic carbocycles. The van der Waals surface area contributed by atoms with Gasteiger partial charge in [0, 0.05) is 6.20 Å². The zero-order valence-corrected chi connectivity index (χ0v) is 19.1. The number of amides is 1. The molecule has 32 heavy (non-hydrogen) atoms. The molecular weight excluding hydrogens is 457 g/mol. The number of nitrogens with zero attached hydrogens (tertiary/aromatic N) is 1. The van der Waals surface area contributed by atoms with Crippen molar-refractivity contribution in [3.63, 3.8) is 0 Å². The molecular formula is C22H21ClFN3O4S. The van der Waals surface area contributed by atoms with Crippen LogP contribution in [0.15, 0.2) is 59.8 Å². The van der Waals surface area contributed by atoms with Crippen LogP contribution >= 0.6 is 11.6 Å². The van der Waals surface area contributed by atoms with E-state index in [0.717, 1.165) is 17.8 Å². The number of hydrogen-bond acceptors (Lipinski definition) is 5. The Bertz CT molecular complexity index is 1290. The maximum atomic E-state index is 13.4. The molecule has 3 rings (SSSR count). The van der Waals surface area contributed by atoms with Crippen LogP contribution < -0.4 is 15.2 Å². The van der Waals surface area contributed by atoms with Crippen molar-refractivity contribution in [2.24, 2.45) is 5.14 Å². The number of carbonyl (C=O) groups is 1. The number of sulfonamides is 1. The van der Waals surface area contributed by atoms with E-state index in [1.165, 1.54) is 24.4 Å². The SMILES string of the molecule is CC(C)(C)c1ccc(C(=O)Nc2cncc(S(N)(=O)=O)c2)c(Oc2ccc(F)cc2Cl)c1. The molecule has 3 N–H and O–H groups in total. The summed E-state index contributed by atoms with van der Waals surface area (Å²) in [4.78, 5) is 16.5. The highest BCUT2D eigenvalue weighted by atomic mass is 35.5. The van der Waals surface area contributed by atoms with E-state index < -0.39 is 21.7 Å². The van der Waals surface area contributed by atoms with E-state index in [0.29, 0.717) is 0 Å². The third kappa shape index (κ3) is 5.61. The van der Waals surface area contributed by atoms with Crippen molar-refractivity contribution >= 4 is 33.2 Å². The number of aromatic nitrogens is 1. The topological polar surface area (TPSA) is 111 Å². The van der Waals surface area contributed by atoms with Crippen LogP contribution in [0, 0.1) is 5.82 Å². The number of carbonyl (C=O) groups excluding carboxylic acids is 1. The fourth-order valence-electron chi connectivity index (χ4n) is 2.78. The first-order valence-electron chi connectivity index (χ1n) is 9.41. The summed E-state index contributed by atoms with van der Waals surface area (Å²) >= 11 is 6.09. The molecule has 0 fully saturated rings. The zero-order valence-electron chi connectivity index (χ0n) is 17.5. The van der Waals surface area contributed by atoms with E-state index in [1.807, 2.05) is 20.8 Å². The van der Waals surface area contributed by atoms with Crippen LogP contribution in [0.1, 0.15) is 36.7 Å². The molecule has 0 bridgehead atoms. The first kappa shape index (κ1) is 23.6. The Kier molecular flexibility index (Phi) is 6.54. The van der Waals surface area contributed by atoms with E-state index in [2.05, 4.69) is 10.3 Å². The van der Waals surface area contributed by atoms with Gasteiger partial charge in [0.15, 0.2) is 0 Å². The molecule has 0 spiro atoms. The maximum Gasteiger partial charge on any atom is 0.259 e. The standard InChI is InChI=1S/C22H21ClFN3O4S/c1-22(2,3)13-4-6-17(20(8-13)31-19-7-5-14(24)9-18(19)23)21(28)27-15-10-16(12-26-11-15)32(25,29)30/h4-12H,1-3H3,(H,27,28)(H2,25,29,30). The molecule has 0 aliphatic carbocycles. The number of anilines is 1. The predicted molar refractivity (Wildman–Crippen MR) is 120 cm³/mol. The lowest BCUT2D eigenvalue weighted by Crippen LogP contribution is -2.17. The largest absolute Gasteiger partial charge is 0.455 e. The minimum Gasteiger partial charge on any atom is -0.455 e. The lowest BCUT2D eigenvalue weighted by Gasteiger charge is -2.21. The van der Waals surface area contributed by atoms with Crippen molar-refractivity contribution < 1.29 is 22.3 Å². The summed E-state index contributed by atoms with van der Waals surface area (Å²) in [7, 11) is -3.99. The van der Waals surface area contributed by atoms with E-state index >= 15 is 0 Å². The van der Waals surface area contributed by atoms with Crippen LogP contribution in [-0.4, -0.2) is 19.3 Å². The quantitative estimate of drug-likeness (QED) is 0.544. The fourth-order valence-corrected chi connectivity index (χ4v) is 3.48. The van der Waals surface area contributed by atoms with Crippen molar-refractivity contribution in [1.29, 1.82) is 0 Å². The van der Waals surface area contributed by atoms with E-state index in [1.54, 1.807) is 18.2 Å². The average Bonchev–Trinajstić information content (AvgIpc) is 2.69. The molecule has 0 radical (unpaired) electrons. The van der Waals surface area contributed by atoms with Crippen molar-refractivity contribution in [1.82, 2.24) is 4.98 Å². The Morgan fingerprint density at radius 1 is 1.09 bits per heavy atom. The first-order valence-corrected chi connectivity index (χ1v) is 11.3. The number of hydrogen-bond donors (Lipinski definition) is 2. The molecule has 1 heterocycles. The Morgan fingerprint density at radius 2 is 1.81 bits per heavy atom. The molecule has 0 saturated carbocycles. The smallest absolute Gasteiger partial charge is 0.259 e. The van der Waals surface area contributed by atoms with Gasteiger partial charge >= 0.3 is 0 Å². The van der Waals surface area contributed by atoms with Crippen LogP contribution in [0.5, 0.6) is 11.5 Å². The molecule has 0 aliphatic heterocycles. The second-order valence-corrected chi connectivity index (χ2v) is 10.0. The summed E-state index contributed by atoms with van der Waals surface area (Å²) < 4.78 is 42.4. The zero-order chi connectivity index (χ0) is 23.7. The third-order valence-electron chi connectivity index (χ3n) is 4.51. The highest BCUT2D eigenvalue weighted by molar-refractivity contribution is 7.89. The normalized spacial score (nSPS) is 11.8. The number of nitrogens with one attached hydrogen (secondary N) is 1. The molecule has 0 unspecified atom stereocenters. The summed E-state index contributed by atoms with van der Waals surface area (Å²) in [5, 5.41) is 7.75. The molecule has 0 saturated heterocycles. The van der Waals surface area contributed by atoms with Crippen LogP contribution in [0.25, 0.3) is 0 Å². The van der Waals surface area contributed by atoms with Gasteiger partial charge in [0.05, 0.1) is 22.5 Å². The van der Waals surface area contributed by atoms with Gasteiger partial charge in [-0.1, -0.05) is 38.4 Å². The van der Waals surface area contributed by atoms with Gasteiger partial charge in [0.2, 0.25) is 10.0 Å². The highest BCUT2D eigenvalue weighted by Gasteiger charge is 2.21.